The third-order valence-corrected chi connectivity index (χ3v) is 5.38. The molecular formula is C21H33FN4O2. The highest BCUT2D eigenvalue weighted by molar-refractivity contribution is 5.80. The maximum absolute atomic E-state index is 13.3. The van der Waals surface area contributed by atoms with E-state index >= 15 is 0 Å². The van der Waals surface area contributed by atoms with Crippen molar-refractivity contribution in [2.45, 2.75) is 38.3 Å². The summed E-state index contributed by atoms with van der Waals surface area (Å²) < 4.78 is 24.5. The summed E-state index contributed by atoms with van der Waals surface area (Å²) >= 11 is 0. The SMILES string of the molecule is CN=C(NCC(C)Oc1cccc(F)c1)NC1CCN(CC2CCOC2)CC1. The summed E-state index contributed by atoms with van der Waals surface area (Å²) in [4.78, 5) is 6.88. The van der Waals surface area contributed by atoms with Gasteiger partial charge in [-0.25, -0.2) is 4.39 Å². The molecular weight excluding hydrogens is 359 g/mol. The van der Waals surface area contributed by atoms with Gasteiger partial charge in [0.1, 0.15) is 17.7 Å². The number of hydrogen-bond donors (Lipinski definition) is 2. The van der Waals surface area contributed by atoms with Gasteiger partial charge in [0, 0.05) is 45.4 Å². The van der Waals surface area contributed by atoms with Crippen LogP contribution < -0.4 is 15.4 Å². The molecule has 0 aromatic heterocycles. The van der Waals surface area contributed by atoms with E-state index in [9.17, 15) is 4.39 Å². The molecule has 0 radical (unpaired) electrons. The van der Waals surface area contributed by atoms with Crippen molar-refractivity contribution in [3.63, 3.8) is 0 Å². The first kappa shape index (κ1) is 20.9. The number of hydrogen-bond acceptors (Lipinski definition) is 4. The van der Waals surface area contributed by atoms with Crippen LogP contribution in [0.2, 0.25) is 0 Å². The predicted octanol–water partition coefficient (Wildman–Crippen LogP) is 2.26. The van der Waals surface area contributed by atoms with Crippen LogP contribution >= 0.6 is 0 Å². The molecule has 0 amide bonds. The number of benzene rings is 1. The summed E-state index contributed by atoms with van der Waals surface area (Å²) in [5.41, 5.74) is 0. The lowest BCUT2D eigenvalue weighted by molar-refractivity contribution is 0.150. The van der Waals surface area contributed by atoms with Crippen LogP contribution in [0, 0.1) is 11.7 Å². The first-order valence-electron chi connectivity index (χ1n) is 10.3. The van der Waals surface area contributed by atoms with Crippen molar-refractivity contribution < 1.29 is 13.9 Å². The standard InChI is InChI=1S/C21H33FN4O2/c1-16(28-20-5-3-4-18(22)12-20)13-24-21(23-2)25-19-6-9-26(10-7-19)14-17-8-11-27-15-17/h3-5,12,16-17,19H,6-11,13-15H2,1-2H3,(H2,23,24,25). The van der Waals surface area contributed by atoms with Crippen LogP contribution in [0.1, 0.15) is 26.2 Å². The van der Waals surface area contributed by atoms with E-state index in [1.54, 1.807) is 19.2 Å². The van der Waals surface area contributed by atoms with Crippen LogP contribution in [-0.2, 0) is 4.74 Å². The van der Waals surface area contributed by atoms with Crippen molar-refractivity contribution in [1.82, 2.24) is 15.5 Å². The highest BCUT2D eigenvalue weighted by atomic mass is 19.1. The number of likely N-dealkylation sites (tertiary alicyclic amines) is 1. The van der Waals surface area contributed by atoms with Crippen LogP contribution in [0.5, 0.6) is 5.75 Å². The molecule has 0 spiro atoms. The molecule has 1 aromatic carbocycles. The number of aliphatic imine (C=N–C) groups is 1. The van der Waals surface area contributed by atoms with Gasteiger partial charge in [0.2, 0.25) is 0 Å². The fraction of sp³-hybridized carbons (Fsp3) is 0.667. The van der Waals surface area contributed by atoms with E-state index in [2.05, 4.69) is 20.5 Å². The van der Waals surface area contributed by atoms with Gasteiger partial charge in [-0.3, -0.25) is 4.99 Å². The van der Waals surface area contributed by atoms with E-state index in [0.717, 1.165) is 51.6 Å². The van der Waals surface area contributed by atoms with E-state index in [0.29, 0.717) is 24.3 Å². The van der Waals surface area contributed by atoms with Gasteiger partial charge in [-0.15, -0.1) is 0 Å². The minimum absolute atomic E-state index is 0.101. The molecule has 2 atom stereocenters. The van der Waals surface area contributed by atoms with E-state index in [4.69, 9.17) is 9.47 Å². The molecule has 2 N–H and O–H groups in total. The molecule has 2 heterocycles. The zero-order valence-corrected chi connectivity index (χ0v) is 17.0. The second-order valence-electron chi connectivity index (χ2n) is 7.79. The van der Waals surface area contributed by atoms with Crippen molar-refractivity contribution in [1.29, 1.82) is 0 Å². The highest BCUT2D eigenvalue weighted by Gasteiger charge is 2.24. The summed E-state index contributed by atoms with van der Waals surface area (Å²) in [6.07, 6.45) is 3.33. The molecule has 156 valence electrons. The van der Waals surface area contributed by atoms with E-state index < -0.39 is 0 Å². The highest BCUT2D eigenvalue weighted by Crippen LogP contribution is 2.18. The lowest BCUT2D eigenvalue weighted by Crippen LogP contribution is -2.50. The maximum atomic E-state index is 13.3. The number of rotatable bonds is 7. The van der Waals surface area contributed by atoms with Crippen molar-refractivity contribution >= 4 is 5.96 Å². The molecule has 0 aliphatic carbocycles. The van der Waals surface area contributed by atoms with Gasteiger partial charge >= 0.3 is 0 Å². The third-order valence-electron chi connectivity index (χ3n) is 5.38. The number of nitrogens with one attached hydrogen (secondary N) is 2. The molecule has 2 aliphatic rings. The molecule has 3 rings (SSSR count). The first-order chi connectivity index (χ1) is 13.6. The Hall–Kier alpha value is -1.86. The Balaban J connectivity index is 1.35. The average molecular weight is 393 g/mol. The smallest absolute Gasteiger partial charge is 0.191 e. The van der Waals surface area contributed by atoms with Gasteiger partial charge in [-0.05, 0) is 44.2 Å². The largest absolute Gasteiger partial charge is 0.489 e. The molecule has 2 aliphatic heterocycles. The zero-order valence-electron chi connectivity index (χ0n) is 17.0. The van der Waals surface area contributed by atoms with Gasteiger partial charge in [0.25, 0.3) is 0 Å². The van der Waals surface area contributed by atoms with Crippen LogP contribution in [0.3, 0.4) is 0 Å². The third kappa shape index (κ3) is 6.63. The minimum Gasteiger partial charge on any atom is -0.489 e. The molecule has 28 heavy (non-hydrogen) atoms. The second kappa shape index (κ2) is 10.6. The summed E-state index contributed by atoms with van der Waals surface area (Å²) in [5, 5.41) is 6.83. The molecule has 0 bridgehead atoms. The van der Waals surface area contributed by atoms with Gasteiger partial charge in [0.15, 0.2) is 5.96 Å². The maximum Gasteiger partial charge on any atom is 0.191 e. The van der Waals surface area contributed by atoms with Crippen LogP contribution in [-0.4, -0.2) is 69.4 Å². The van der Waals surface area contributed by atoms with Crippen molar-refractivity contribution in [3.8, 4) is 5.75 Å². The Labute approximate surface area is 167 Å². The number of ether oxygens (including phenoxy) is 2. The molecule has 1 aromatic rings. The number of guanidine groups is 1. The Bertz CT molecular complexity index is 629. The van der Waals surface area contributed by atoms with Crippen LogP contribution in [0.25, 0.3) is 0 Å². The van der Waals surface area contributed by atoms with Gasteiger partial charge in [-0.2, -0.15) is 0 Å². The molecule has 2 saturated heterocycles. The molecule has 2 fully saturated rings. The monoisotopic (exact) mass is 392 g/mol. The predicted molar refractivity (Wildman–Crippen MR) is 109 cm³/mol. The lowest BCUT2D eigenvalue weighted by atomic mass is 10.0. The van der Waals surface area contributed by atoms with Crippen LogP contribution in [0.4, 0.5) is 4.39 Å². The summed E-state index contributed by atoms with van der Waals surface area (Å²) in [6.45, 7) is 7.78. The molecule has 6 nitrogen and oxygen atoms in total. The Morgan fingerprint density at radius 1 is 1.36 bits per heavy atom. The van der Waals surface area contributed by atoms with E-state index in [1.165, 1.54) is 18.6 Å². The number of piperidine rings is 1. The van der Waals surface area contributed by atoms with Crippen molar-refractivity contribution in [2.75, 3.05) is 46.4 Å². The quantitative estimate of drug-likeness (QED) is 0.551. The Morgan fingerprint density at radius 2 is 2.18 bits per heavy atom. The number of halogens is 1. The molecule has 7 heteroatoms. The van der Waals surface area contributed by atoms with E-state index in [1.807, 2.05) is 6.92 Å². The van der Waals surface area contributed by atoms with Crippen LogP contribution in [0.15, 0.2) is 29.3 Å². The molecule has 2 unspecified atom stereocenters. The van der Waals surface area contributed by atoms with Crippen molar-refractivity contribution in [2.24, 2.45) is 10.9 Å². The Kier molecular flexibility index (Phi) is 7.91. The zero-order chi connectivity index (χ0) is 19.8. The Morgan fingerprint density at radius 3 is 2.86 bits per heavy atom. The summed E-state index contributed by atoms with van der Waals surface area (Å²) in [5.74, 6) is 1.75. The summed E-state index contributed by atoms with van der Waals surface area (Å²) in [6, 6.07) is 6.65. The average Bonchev–Trinajstić information content (AvgIpc) is 3.19. The van der Waals surface area contributed by atoms with Gasteiger partial charge in [-0.1, -0.05) is 6.07 Å². The lowest BCUT2D eigenvalue weighted by Gasteiger charge is -2.34. The topological polar surface area (TPSA) is 58.1 Å². The van der Waals surface area contributed by atoms with E-state index in [-0.39, 0.29) is 11.9 Å². The molecule has 0 saturated carbocycles. The van der Waals surface area contributed by atoms with Gasteiger partial charge in [0.05, 0.1) is 13.2 Å². The van der Waals surface area contributed by atoms with Gasteiger partial charge < -0.3 is 25.0 Å². The second-order valence-corrected chi connectivity index (χ2v) is 7.79. The van der Waals surface area contributed by atoms with Crippen molar-refractivity contribution in [3.05, 3.63) is 30.1 Å². The summed E-state index contributed by atoms with van der Waals surface area (Å²) in [7, 11) is 1.78. The fourth-order valence-electron chi connectivity index (χ4n) is 3.80. The first-order valence-corrected chi connectivity index (χ1v) is 10.3. The normalized spacial score (nSPS) is 22.8. The number of nitrogens with zero attached hydrogens (tertiary/aromatic N) is 2. The fourth-order valence-corrected chi connectivity index (χ4v) is 3.80. The minimum atomic E-state index is -0.290.